The summed E-state index contributed by atoms with van der Waals surface area (Å²) in [5, 5.41) is 0. The molecule has 0 aliphatic heterocycles. The van der Waals surface area contributed by atoms with Crippen molar-refractivity contribution in [3.63, 3.8) is 0 Å². The molecule has 0 aromatic carbocycles. The van der Waals surface area contributed by atoms with Crippen LogP contribution in [0.25, 0.3) is 0 Å². The van der Waals surface area contributed by atoms with Crippen molar-refractivity contribution in [3.8, 4) is 0 Å². The van der Waals surface area contributed by atoms with Gasteiger partial charge in [-0.1, -0.05) is 0 Å². The molecule has 2 rings (SSSR count). The van der Waals surface area contributed by atoms with E-state index in [1.165, 1.54) is 0 Å². The first-order chi connectivity index (χ1) is 5.97. The first-order valence-corrected chi connectivity index (χ1v) is 3.90. The Balaban J connectivity index is -0.000000422. The van der Waals surface area contributed by atoms with Gasteiger partial charge >= 0.3 is 0 Å². The van der Waals surface area contributed by atoms with Crippen LogP contribution in [0.4, 0.5) is 0 Å². The summed E-state index contributed by atoms with van der Waals surface area (Å²) < 4.78 is 0. The van der Waals surface area contributed by atoms with Gasteiger partial charge in [-0.2, -0.15) is 12.5 Å². The van der Waals surface area contributed by atoms with Crippen LogP contribution in [0.15, 0.2) is 59.4 Å². The molecule has 0 radical (unpaired) electrons. The quantitative estimate of drug-likeness (QED) is 0.263. The number of hydrogen-bond acceptors (Lipinski definition) is 0. The minimum Gasteiger partial charge on any atom is -1.00 e. The van der Waals surface area contributed by atoms with Crippen LogP contribution >= 0.6 is 0 Å². The molecule has 0 fully saturated rings. The number of halogens is 2. The predicted molar refractivity (Wildman–Crippen MR) is 50.1 cm³/mol. The van der Waals surface area contributed by atoms with Crippen molar-refractivity contribution in [2.24, 2.45) is 0 Å². The van der Waals surface area contributed by atoms with Crippen LogP contribution in [0.5, 0.6) is 0 Å². The van der Waals surface area contributed by atoms with Gasteiger partial charge in [0.05, 0.1) is 6.08 Å². The Bertz CT molecular complexity index is 370. The first kappa shape index (κ1) is 21.4. The summed E-state index contributed by atoms with van der Waals surface area (Å²) in [6.07, 6.45) is 19.0. The number of rotatable bonds is 1. The molecule has 0 atom stereocenters. The Morgan fingerprint density at radius 2 is 1.88 bits per heavy atom. The summed E-state index contributed by atoms with van der Waals surface area (Å²) in [5.41, 5.74) is 5.34. The van der Waals surface area contributed by atoms with Crippen LogP contribution in [0.1, 0.15) is 0 Å². The molecular weight excluding hydrogens is 346 g/mol. The second-order valence-corrected chi connectivity index (χ2v) is 2.55. The molecule has 0 aromatic rings. The van der Waals surface area contributed by atoms with Gasteiger partial charge in [-0.05, 0) is 5.57 Å². The SMILES string of the molecule is C1=C[CH-]C=CC=1C1=CC=CC=[C+]1.[Cl-].[Cl-].[Zn].[Zn]. The molecule has 4 heteroatoms. The molecule has 0 unspecified atom stereocenters. The summed E-state index contributed by atoms with van der Waals surface area (Å²) in [7, 11) is 0. The van der Waals surface area contributed by atoms with Gasteiger partial charge in [0.1, 0.15) is 5.57 Å². The van der Waals surface area contributed by atoms with E-state index in [4.69, 9.17) is 0 Å². The van der Waals surface area contributed by atoms with Gasteiger partial charge in [0.25, 0.3) is 0 Å². The van der Waals surface area contributed by atoms with Crippen LogP contribution in [0.3, 0.4) is 0 Å². The van der Waals surface area contributed by atoms with Crippen LogP contribution in [-0.2, 0) is 39.0 Å². The summed E-state index contributed by atoms with van der Waals surface area (Å²) in [6.45, 7) is 0. The molecule has 2 aliphatic carbocycles. The van der Waals surface area contributed by atoms with E-state index < -0.39 is 0 Å². The minimum atomic E-state index is 0. The maximum Gasteiger partial charge on any atom is 0.137 e. The van der Waals surface area contributed by atoms with E-state index in [-0.39, 0.29) is 63.8 Å². The average molecular weight is 354 g/mol. The molecule has 0 saturated heterocycles. The minimum absolute atomic E-state index is 0. The van der Waals surface area contributed by atoms with Crippen molar-refractivity contribution >= 4 is 0 Å². The Morgan fingerprint density at radius 1 is 1.12 bits per heavy atom. The fourth-order valence-electron chi connectivity index (χ4n) is 1.12. The Labute approximate surface area is 135 Å². The zero-order valence-corrected chi connectivity index (χ0v) is 16.2. The van der Waals surface area contributed by atoms with Crippen LogP contribution in [0, 0.1) is 12.5 Å². The molecule has 76 valence electrons. The van der Waals surface area contributed by atoms with Crippen LogP contribution in [0.2, 0.25) is 0 Å². The molecule has 16 heavy (non-hydrogen) atoms. The van der Waals surface area contributed by atoms with Gasteiger partial charge < -0.3 is 24.8 Å². The van der Waals surface area contributed by atoms with Gasteiger partial charge in [0, 0.05) is 63.3 Å². The molecule has 0 heterocycles. The number of hydrogen-bond donors (Lipinski definition) is 0. The van der Waals surface area contributed by atoms with E-state index in [0.717, 1.165) is 11.1 Å². The third-order valence-electron chi connectivity index (χ3n) is 1.71. The van der Waals surface area contributed by atoms with Gasteiger partial charge in [0.2, 0.25) is 0 Å². The topological polar surface area (TPSA) is 0 Å². The van der Waals surface area contributed by atoms with E-state index in [1.54, 1.807) is 0 Å². The molecule has 0 saturated carbocycles. The van der Waals surface area contributed by atoms with Crippen molar-refractivity contribution in [2.75, 3.05) is 0 Å². The van der Waals surface area contributed by atoms with Gasteiger partial charge in [-0.25, -0.2) is 5.73 Å². The zero-order valence-electron chi connectivity index (χ0n) is 8.79. The van der Waals surface area contributed by atoms with E-state index in [1.807, 2.05) is 49.0 Å². The predicted octanol–water partition coefficient (Wildman–Crippen LogP) is -3.30. The Morgan fingerprint density at radius 3 is 2.38 bits per heavy atom. The standard InChI is InChI=1S/C12H8.2ClH.2Zn/c1-3-7-11(8-4-1)12-9-5-2-6-10-12;;;;/h1-7,9H;2*1H;;/p-2. The fraction of sp³-hybridized carbons (Fsp3) is 0. The van der Waals surface area contributed by atoms with Crippen LogP contribution < -0.4 is 24.8 Å². The van der Waals surface area contributed by atoms with E-state index >= 15 is 0 Å². The van der Waals surface area contributed by atoms with Crippen molar-refractivity contribution in [2.45, 2.75) is 0 Å². The van der Waals surface area contributed by atoms with Gasteiger partial charge in [0.15, 0.2) is 0 Å². The van der Waals surface area contributed by atoms with E-state index in [9.17, 15) is 0 Å². The molecule has 0 aromatic heterocycles. The Kier molecular flexibility index (Phi) is 15.5. The van der Waals surface area contributed by atoms with Crippen LogP contribution in [-0.4, -0.2) is 0 Å². The molecule has 2 aliphatic rings. The summed E-state index contributed by atoms with van der Waals surface area (Å²) >= 11 is 0. The molecule has 0 nitrogen and oxygen atoms in total. The monoisotopic (exact) mass is 350 g/mol. The number of allylic oxidation sites excluding steroid dienone is 9. The van der Waals surface area contributed by atoms with Crippen molar-refractivity contribution in [3.05, 3.63) is 71.9 Å². The average Bonchev–Trinajstić information content (AvgIpc) is 2.21. The summed E-state index contributed by atoms with van der Waals surface area (Å²) in [6, 6.07) is 0. The Hall–Kier alpha value is 0.0868. The molecule has 0 bridgehead atoms. The van der Waals surface area contributed by atoms with Gasteiger partial charge in [-0.15, -0.1) is 12.2 Å². The van der Waals surface area contributed by atoms with Crippen molar-refractivity contribution in [1.29, 1.82) is 0 Å². The van der Waals surface area contributed by atoms with E-state index in [0.29, 0.717) is 0 Å². The summed E-state index contributed by atoms with van der Waals surface area (Å²) in [4.78, 5) is 0. The fourth-order valence-corrected chi connectivity index (χ4v) is 1.12. The second kappa shape index (κ2) is 11.6. The second-order valence-electron chi connectivity index (χ2n) is 2.55. The van der Waals surface area contributed by atoms with E-state index in [2.05, 4.69) is 11.8 Å². The van der Waals surface area contributed by atoms with Crippen molar-refractivity contribution < 1.29 is 63.8 Å². The normalized spacial score (nSPS) is 13.5. The van der Waals surface area contributed by atoms with Crippen molar-refractivity contribution in [1.82, 2.24) is 0 Å². The first-order valence-electron chi connectivity index (χ1n) is 3.90. The maximum absolute atomic E-state index is 3.15. The third-order valence-corrected chi connectivity index (χ3v) is 1.71. The van der Waals surface area contributed by atoms with Gasteiger partial charge in [-0.3, -0.25) is 0 Å². The maximum atomic E-state index is 3.15. The third kappa shape index (κ3) is 5.98. The largest absolute Gasteiger partial charge is 1.00 e. The summed E-state index contributed by atoms with van der Waals surface area (Å²) in [5.74, 6) is 0. The smallest absolute Gasteiger partial charge is 0.137 e. The molecule has 0 N–H and O–H groups in total. The molecule has 0 spiro atoms. The zero-order chi connectivity index (χ0) is 8.23. The molecule has 0 amide bonds. The molecular formula is C12H8Cl2Zn2-2.